The summed E-state index contributed by atoms with van der Waals surface area (Å²) in [5.41, 5.74) is 4.24. The topological polar surface area (TPSA) is 24.5 Å². The highest BCUT2D eigenvalue weighted by Gasteiger charge is 2.24. The summed E-state index contributed by atoms with van der Waals surface area (Å²) >= 11 is 0. The van der Waals surface area contributed by atoms with Gasteiger partial charge in [-0.3, -0.25) is 0 Å². The van der Waals surface area contributed by atoms with Crippen molar-refractivity contribution < 1.29 is 4.74 Å². The Morgan fingerprint density at radius 3 is 2.48 bits per heavy atom. The molecule has 1 aromatic carbocycles. The molecule has 1 unspecified atom stereocenters. The Hall–Kier alpha value is -1.06. The van der Waals surface area contributed by atoms with Crippen LogP contribution in [0.25, 0.3) is 0 Å². The van der Waals surface area contributed by atoms with Crippen LogP contribution in [0.15, 0.2) is 18.2 Å². The third-order valence-corrected chi connectivity index (χ3v) is 4.29. The fraction of sp³-hybridized carbons (Fsp3) is 0.667. The molecule has 0 aromatic heterocycles. The lowest BCUT2D eigenvalue weighted by Crippen LogP contribution is -2.39. The Morgan fingerprint density at radius 2 is 1.95 bits per heavy atom. The van der Waals surface area contributed by atoms with E-state index in [-0.39, 0.29) is 5.41 Å². The Kier molecular flexibility index (Phi) is 6.69. The Morgan fingerprint density at radius 1 is 1.29 bits per heavy atom. The second-order valence-corrected chi connectivity index (χ2v) is 6.94. The van der Waals surface area contributed by atoms with Crippen molar-refractivity contribution in [2.45, 2.75) is 47.2 Å². The van der Waals surface area contributed by atoms with Gasteiger partial charge in [0.2, 0.25) is 0 Å². The number of hydrogen-bond acceptors (Lipinski definition) is 3. The molecule has 0 spiro atoms. The van der Waals surface area contributed by atoms with Gasteiger partial charge in [0.15, 0.2) is 0 Å². The van der Waals surface area contributed by atoms with Gasteiger partial charge in [0.25, 0.3) is 0 Å². The number of hydrogen-bond donors (Lipinski definition) is 1. The van der Waals surface area contributed by atoms with E-state index >= 15 is 0 Å². The van der Waals surface area contributed by atoms with Crippen LogP contribution in [0.1, 0.15) is 38.8 Å². The predicted octanol–water partition coefficient (Wildman–Crippen LogP) is 3.60. The van der Waals surface area contributed by atoms with Gasteiger partial charge in [0.05, 0.1) is 6.61 Å². The molecule has 1 aromatic rings. The maximum atomic E-state index is 5.04. The van der Waals surface area contributed by atoms with Gasteiger partial charge >= 0.3 is 0 Å². The second kappa shape index (κ2) is 7.81. The van der Waals surface area contributed by atoms with E-state index in [1.54, 1.807) is 7.11 Å². The predicted molar refractivity (Wildman–Crippen MR) is 92.1 cm³/mol. The molecule has 0 aliphatic carbocycles. The average molecular weight is 292 g/mol. The van der Waals surface area contributed by atoms with E-state index < -0.39 is 0 Å². The zero-order valence-electron chi connectivity index (χ0n) is 14.8. The zero-order chi connectivity index (χ0) is 16.0. The summed E-state index contributed by atoms with van der Waals surface area (Å²) in [5.74, 6) is 0. The number of methoxy groups -OCH3 is 1. The first-order chi connectivity index (χ1) is 9.77. The lowest BCUT2D eigenvalue weighted by atomic mass is 9.86. The quantitative estimate of drug-likeness (QED) is 0.777. The molecule has 3 heteroatoms. The van der Waals surface area contributed by atoms with E-state index in [1.807, 2.05) is 0 Å². The summed E-state index contributed by atoms with van der Waals surface area (Å²) in [7, 11) is 3.92. The molecule has 0 aliphatic rings. The lowest BCUT2D eigenvalue weighted by Gasteiger charge is -2.37. The highest BCUT2D eigenvalue weighted by atomic mass is 16.5. The minimum atomic E-state index is 0.265. The van der Waals surface area contributed by atoms with Crippen molar-refractivity contribution in [3.05, 3.63) is 29.3 Å². The molecular formula is C18H32N2O. The molecule has 0 bridgehead atoms. The molecule has 0 aliphatic heterocycles. The molecule has 0 radical (unpaired) electrons. The van der Waals surface area contributed by atoms with E-state index in [2.05, 4.69) is 70.1 Å². The van der Waals surface area contributed by atoms with Gasteiger partial charge in [-0.25, -0.2) is 0 Å². The van der Waals surface area contributed by atoms with Gasteiger partial charge < -0.3 is 15.0 Å². The van der Waals surface area contributed by atoms with Crippen molar-refractivity contribution >= 4 is 5.69 Å². The van der Waals surface area contributed by atoms with Crippen LogP contribution in [-0.4, -0.2) is 33.4 Å². The maximum absolute atomic E-state index is 5.04. The Labute approximate surface area is 130 Å². The van der Waals surface area contributed by atoms with Crippen molar-refractivity contribution in [2.75, 3.05) is 32.2 Å². The summed E-state index contributed by atoms with van der Waals surface area (Å²) < 4.78 is 5.04. The standard InChI is InChI=1S/C18H32N2O/c1-14-12-16(13-19-10-11-21-7)8-9-17(14)20(6)15(2)18(3,4)5/h8-9,12,15,19H,10-11,13H2,1-7H3. The Bertz CT molecular complexity index is 437. The van der Waals surface area contributed by atoms with Gasteiger partial charge in [0.1, 0.15) is 0 Å². The van der Waals surface area contributed by atoms with Gasteiger partial charge in [-0.1, -0.05) is 32.9 Å². The molecule has 1 atom stereocenters. The summed E-state index contributed by atoms with van der Waals surface area (Å²) in [6, 6.07) is 7.22. The van der Waals surface area contributed by atoms with Crippen molar-refractivity contribution in [3.8, 4) is 0 Å². The van der Waals surface area contributed by atoms with Crippen LogP contribution >= 0.6 is 0 Å². The maximum Gasteiger partial charge on any atom is 0.0587 e. The normalized spacial score (nSPS) is 13.3. The molecule has 0 heterocycles. The molecule has 0 saturated heterocycles. The number of anilines is 1. The summed E-state index contributed by atoms with van der Waals surface area (Å²) in [5, 5.41) is 3.39. The number of aryl methyl sites for hydroxylation is 1. The average Bonchev–Trinajstić information content (AvgIpc) is 2.41. The SMILES string of the molecule is COCCNCc1ccc(N(C)C(C)C(C)(C)C)c(C)c1. The molecule has 0 fully saturated rings. The fourth-order valence-electron chi connectivity index (χ4n) is 2.42. The van der Waals surface area contributed by atoms with Crippen molar-refractivity contribution in [1.29, 1.82) is 0 Å². The molecule has 0 amide bonds. The monoisotopic (exact) mass is 292 g/mol. The number of nitrogens with zero attached hydrogens (tertiary/aromatic N) is 1. The second-order valence-electron chi connectivity index (χ2n) is 6.94. The van der Waals surface area contributed by atoms with Crippen LogP contribution in [0.5, 0.6) is 0 Å². The highest BCUT2D eigenvalue weighted by Crippen LogP contribution is 2.29. The van der Waals surface area contributed by atoms with E-state index in [1.165, 1.54) is 16.8 Å². The van der Waals surface area contributed by atoms with Crippen LogP contribution in [0.3, 0.4) is 0 Å². The largest absolute Gasteiger partial charge is 0.383 e. The van der Waals surface area contributed by atoms with Crippen LogP contribution < -0.4 is 10.2 Å². The first-order valence-corrected chi connectivity index (χ1v) is 7.79. The summed E-state index contributed by atoms with van der Waals surface area (Å²) in [4.78, 5) is 2.39. The van der Waals surface area contributed by atoms with Gasteiger partial charge in [-0.2, -0.15) is 0 Å². The van der Waals surface area contributed by atoms with Gasteiger partial charge in [-0.15, -0.1) is 0 Å². The number of nitrogens with one attached hydrogen (secondary N) is 1. The molecule has 120 valence electrons. The minimum Gasteiger partial charge on any atom is -0.383 e. The van der Waals surface area contributed by atoms with Crippen molar-refractivity contribution in [3.63, 3.8) is 0 Å². The Balaban J connectivity index is 2.74. The third kappa shape index (κ3) is 5.33. The first kappa shape index (κ1) is 18.0. The molecule has 0 saturated carbocycles. The summed E-state index contributed by atoms with van der Waals surface area (Å²) in [6.07, 6.45) is 0. The molecule has 1 rings (SSSR count). The van der Waals surface area contributed by atoms with E-state index in [0.717, 1.165) is 19.7 Å². The van der Waals surface area contributed by atoms with Gasteiger partial charge in [-0.05, 0) is 36.5 Å². The highest BCUT2D eigenvalue weighted by molar-refractivity contribution is 5.54. The van der Waals surface area contributed by atoms with Crippen molar-refractivity contribution in [2.24, 2.45) is 5.41 Å². The molecule has 21 heavy (non-hydrogen) atoms. The number of ether oxygens (including phenoxy) is 1. The molecule has 3 nitrogen and oxygen atoms in total. The fourth-order valence-corrected chi connectivity index (χ4v) is 2.42. The van der Waals surface area contributed by atoms with Crippen LogP contribution in [-0.2, 0) is 11.3 Å². The zero-order valence-corrected chi connectivity index (χ0v) is 14.8. The first-order valence-electron chi connectivity index (χ1n) is 7.79. The number of benzene rings is 1. The number of rotatable bonds is 7. The van der Waals surface area contributed by atoms with E-state index in [0.29, 0.717) is 6.04 Å². The minimum absolute atomic E-state index is 0.265. The third-order valence-electron chi connectivity index (χ3n) is 4.29. The van der Waals surface area contributed by atoms with Gasteiger partial charge in [0, 0.05) is 39.0 Å². The van der Waals surface area contributed by atoms with Crippen LogP contribution in [0.4, 0.5) is 5.69 Å². The van der Waals surface area contributed by atoms with Crippen LogP contribution in [0.2, 0.25) is 0 Å². The van der Waals surface area contributed by atoms with E-state index in [9.17, 15) is 0 Å². The lowest BCUT2D eigenvalue weighted by molar-refractivity contribution is 0.199. The summed E-state index contributed by atoms with van der Waals surface area (Å²) in [6.45, 7) is 13.9. The smallest absolute Gasteiger partial charge is 0.0587 e. The van der Waals surface area contributed by atoms with Crippen LogP contribution in [0, 0.1) is 12.3 Å². The molecular weight excluding hydrogens is 260 g/mol. The van der Waals surface area contributed by atoms with E-state index in [4.69, 9.17) is 4.74 Å². The van der Waals surface area contributed by atoms with Crippen molar-refractivity contribution in [1.82, 2.24) is 5.32 Å². The molecule has 1 N–H and O–H groups in total.